The van der Waals surface area contributed by atoms with Gasteiger partial charge in [-0.25, -0.2) is 14.8 Å². The summed E-state index contributed by atoms with van der Waals surface area (Å²) in [6.45, 7) is 2.61. The molecule has 6 heteroatoms. The Kier molecular flexibility index (Phi) is 4.95. The molecule has 0 atom stereocenters. The monoisotopic (exact) mass is 289 g/mol. The third-order valence-electron chi connectivity index (χ3n) is 2.46. The first-order valence-electron chi connectivity index (χ1n) is 6.22. The van der Waals surface area contributed by atoms with Gasteiger partial charge in [-0.1, -0.05) is 18.2 Å². The minimum Gasteiger partial charge on any atom is -0.477 e. The van der Waals surface area contributed by atoms with Crippen molar-refractivity contribution in [1.29, 1.82) is 0 Å². The molecule has 0 bridgehead atoms. The Bertz CT molecular complexity index is 590. The summed E-state index contributed by atoms with van der Waals surface area (Å²) in [5, 5.41) is 12.1. The van der Waals surface area contributed by atoms with E-state index in [-0.39, 0.29) is 5.69 Å². The molecule has 0 amide bonds. The van der Waals surface area contributed by atoms with Gasteiger partial charge in [-0.2, -0.15) is 0 Å². The van der Waals surface area contributed by atoms with Gasteiger partial charge in [0.05, 0.1) is 5.75 Å². The molecule has 5 nitrogen and oxygen atoms in total. The maximum absolute atomic E-state index is 11.1. The van der Waals surface area contributed by atoms with Crippen molar-refractivity contribution < 1.29 is 9.90 Å². The molecule has 0 unspecified atom stereocenters. The van der Waals surface area contributed by atoms with Gasteiger partial charge in [-0.15, -0.1) is 11.8 Å². The average molecular weight is 289 g/mol. The van der Waals surface area contributed by atoms with E-state index in [0.717, 1.165) is 4.90 Å². The Balaban J connectivity index is 2.15. The summed E-state index contributed by atoms with van der Waals surface area (Å²) in [5.41, 5.74) is 0.0135. The van der Waals surface area contributed by atoms with Crippen LogP contribution in [0.2, 0.25) is 0 Å². The maximum Gasteiger partial charge on any atom is 0.354 e. The second-order valence-electron chi connectivity index (χ2n) is 3.99. The highest BCUT2D eigenvalue weighted by Crippen LogP contribution is 2.21. The minimum atomic E-state index is -1.04. The molecule has 0 radical (unpaired) electrons. The molecule has 0 fully saturated rings. The molecule has 2 aromatic rings. The number of aromatic nitrogens is 2. The van der Waals surface area contributed by atoms with Crippen molar-refractivity contribution in [1.82, 2.24) is 9.97 Å². The van der Waals surface area contributed by atoms with Gasteiger partial charge in [0, 0.05) is 17.5 Å². The second-order valence-corrected chi connectivity index (χ2v) is 5.04. The third-order valence-corrected chi connectivity index (χ3v) is 3.47. The fourth-order valence-corrected chi connectivity index (χ4v) is 2.38. The van der Waals surface area contributed by atoms with E-state index < -0.39 is 5.97 Å². The Hall–Kier alpha value is -2.08. The standard InChI is InChI=1S/C14H15N3O2S/c1-2-15-12-8-11(14(18)19)16-13(17-12)9-20-10-6-4-3-5-7-10/h3-8H,2,9H2,1H3,(H,18,19)(H,15,16,17). The van der Waals surface area contributed by atoms with E-state index in [4.69, 9.17) is 5.11 Å². The summed E-state index contributed by atoms with van der Waals surface area (Å²) >= 11 is 1.58. The van der Waals surface area contributed by atoms with Crippen LogP contribution < -0.4 is 5.32 Å². The molecule has 1 aromatic carbocycles. The third kappa shape index (κ3) is 3.96. The Morgan fingerprint density at radius 2 is 2.05 bits per heavy atom. The van der Waals surface area contributed by atoms with Crippen LogP contribution in [0.5, 0.6) is 0 Å². The van der Waals surface area contributed by atoms with E-state index in [1.807, 2.05) is 37.3 Å². The number of carboxylic acid groups (broad SMARTS) is 1. The van der Waals surface area contributed by atoms with Gasteiger partial charge in [0.25, 0.3) is 0 Å². The highest BCUT2D eigenvalue weighted by atomic mass is 32.2. The number of nitrogens with zero attached hydrogens (tertiary/aromatic N) is 2. The predicted octanol–water partition coefficient (Wildman–Crippen LogP) is 2.90. The van der Waals surface area contributed by atoms with Crippen LogP contribution in [0, 0.1) is 0 Å². The fraction of sp³-hybridized carbons (Fsp3) is 0.214. The Labute approximate surface area is 121 Å². The molecule has 0 aliphatic rings. The van der Waals surface area contributed by atoms with E-state index in [2.05, 4.69) is 15.3 Å². The van der Waals surface area contributed by atoms with Crippen LogP contribution >= 0.6 is 11.8 Å². The van der Waals surface area contributed by atoms with Gasteiger partial charge in [0.1, 0.15) is 11.6 Å². The number of nitrogens with one attached hydrogen (secondary N) is 1. The van der Waals surface area contributed by atoms with Crippen LogP contribution in [0.4, 0.5) is 5.82 Å². The molecular weight excluding hydrogens is 274 g/mol. The van der Waals surface area contributed by atoms with Gasteiger partial charge < -0.3 is 10.4 Å². The lowest BCUT2D eigenvalue weighted by Crippen LogP contribution is -2.09. The van der Waals surface area contributed by atoms with Crippen LogP contribution in [0.25, 0.3) is 0 Å². The maximum atomic E-state index is 11.1. The first-order chi connectivity index (χ1) is 9.69. The van der Waals surface area contributed by atoms with Crippen molar-refractivity contribution in [3.63, 3.8) is 0 Å². The van der Waals surface area contributed by atoms with E-state index in [1.54, 1.807) is 11.8 Å². The van der Waals surface area contributed by atoms with Crippen LogP contribution in [-0.2, 0) is 5.75 Å². The summed E-state index contributed by atoms with van der Waals surface area (Å²) in [6, 6.07) is 11.3. The lowest BCUT2D eigenvalue weighted by Gasteiger charge is -2.07. The second kappa shape index (κ2) is 6.91. The molecule has 1 aromatic heterocycles. The number of aromatic carboxylic acids is 1. The number of benzene rings is 1. The zero-order valence-corrected chi connectivity index (χ0v) is 11.9. The largest absolute Gasteiger partial charge is 0.477 e. The number of anilines is 1. The fourth-order valence-electron chi connectivity index (χ4n) is 1.61. The quantitative estimate of drug-likeness (QED) is 0.796. The first kappa shape index (κ1) is 14.3. The smallest absolute Gasteiger partial charge is 0.354 e. The van der Waals surface area contributed by atoms with Crippen molar-refractivity contribution >= 4 is 23.5 Å². The summed E-state index contributed by atoms with van der Waals surface area (Å²) < 4.78 is 0. The zero-order chi connectivity index (χ0) is 14.4. The van der Waals surface area contributed by atoms with Crippen LogP contribution in [-0.4, -0.2) is 27.6 Å². The van der Waals surface area contributed by atoms with Crippen molar-refractivity contribution in [2.45, 2.75) is 17.6 Å². The number of thioether (sulfide) groups is 1. The summed E-state index contributed by atoms with van der Waals surface area (Å²) in [7, 11) is 0. The number of hydrogen-bond donors (Lipinski definition) is 2. The van der Waals surface area contributed by atoms with Crippen molar-refractivity contribution in [2.24, 2.45) is 0 Å². The molecule has 20 heavy (non-hydrogen) atoms. The summed E-state index contributed by atoms with van der Waals surface area (Å²) in [5.74, 6) is 0.541. The number of carboxylic acids is 1. The molecule has 0 spiro atoms. The SMILES string of the molecule is CCNc1cc(C(=O)O)nc(CSc2ccccc2)n1. The van der Waals surface area contributed by atoms with Gasteiger partial charge in [0.2, 0.25) is 0 Å². The van der Waals surface area contributed by atoms with Gasteiger partial charge >= 0.3 is 5.97 Å². The summed E-state index contributed by atoms with van der Waals surface area (Å²) in [4.78, 5) is 20.5. The molecule has 2 rings (SSSR count). The molecular formula is C14H15N3O2S. The zero-order valence-electron chi connectivity index (χ0n) is 11.0. The molecule has 0 aliphatic heterocycles. The van der Waals surface area contributed by atoms with Crippen molar-refractivity contribution in [2.75, 3.05) is 11.9 Å². The number of hydrogen-bond acceptors (Lipinski definition) is 5. The Morgan fingerprint density at radius 3 is 2.70 bits per heavy atom. The summed E-state index contributed by atoms with van der Waals surface area (Å²) in [6.07, 6.45) is 0. The van der Waals surface area contributed by atoms with Crippen molar-refractivity contribution in [3.8, 4) is 0 Å². The highest BCUT2D eigenvalue weighted by molar-refractivity contribution is 7.98. The number of carbonyl (C=O) groups is 1. The molecule has 1 heterocycles. The van der Waals surface area contributed by atoms with Crippen molar-refractivity contribution in [3.05, 3.63) is 47.9 Å². The molecule has 0 aliphatic carbocycles. The molecule has 0 saturated heterocycles. The van der Waals surface area contributed by atoms with Gasteiger partial charge in [-0.3, -0.25) is 0 Å². The van der Waals surface area contributed by atoms with E-state index >= 15 is 0 Å². The lowest BCUT2D eigenvalue weighted by molar-refractivity contribution is 0.0690. The topological polar surface area (TPSA) is 75.1 Å². The van der Waals surface area contributed by atoms with E-state index in [0.29, 0.717) is 23.9 Å². The van der Waals surface area contributed by atoms with Crippen LogP contribution in [0.3, 0.4) is 0 Å². The lowest BCUT2D eigenvalue weighted by atomic mass is 10.4. The first-order valence-corrected chi connectivity index (χ1v) is 7.20. The van der Waals surface area contributed by atoms with Gasteiger partial charge in [-0.05, 0) is 19.1 Å². The van der Waals surface area contributed by atoms with E-state index in [1.165, 1.54) is 6.07 Å². The molecule has 0 saturated carbocycles. The molecule has 2 N–H and O–H groups in total. The minimum absolute atomic E-state index is 0.0135. The van der Waals surface area contributed by atoms with E-state index in [9.17, 15) is 4.79 Å². The van der Waals surface area contributed by atoms with Crippen LogP contribution in [0.1, 0.15) is 23.2 Å². The number of rotatable bonds is 6. The Morgan fingerprint density at radius 1 is 1.30 bits per heavy atom. The highest BCUT2D eigenvalue weighted by Gasteiger charge is 2.10. The predicted molar refractivity (Wildman–Crippen MR) is 79.2 cm³/mol. The van der Waals surface area contributed by atoms with Gasteiger partial charge in [0.15, 0.2) is 5.69 Å². The average Bonchev–Trinajstić information content (AvgIpc) is 2.46. The molecule has 104 valence electrons. The normalized spacial score (nSPS) is 10.2. The van der Waals surface area contributed by atoms with Crippen LogP contribution in [0.15, 0.2) is 41.3 Å².